The van der Waals surface area contributed by atoms with Crippen molar-refractivity contribution in [3.05, 3.63) is 48.0 Å². The van der Waals surface area contributed by atoms with Crippen LogP contribution in [0.4, 0.5) is 0 Å². The van der Waals surface area contributed by atoms with E-state index >= 15 is 0 Å². The molecule has 0 aromatic carbocycles. The van der Waals surface area contributed by atoms with Crippen molar-refractivity contribution in [2.24, 2.45) is 0 Å². The Morgan fingerprint density at radius 1 is 1.32 bits per heavy atom. The van der Waals surface area contributed by atoms with Gasteiger partial charge in [0.15, 0.2) is 0 Å². The smallest absolute Gasteiger partial charge is 0.237 e. The van der Waals surface area contributed by atoms with Crippen LogP contribution in [0.15, 0.2) is 36.9 Å². The van der Waals surface area contributed by atoms with Crippen LogP contribution in [0.25, 0.3) is 0 Å². The van der Waals surface area contributed by atoms with Gasteiger partial charge in [-0.15, -0.1) is 0 Å². The van der Waals surface area contributed by atoms with Crippen molar-refractivity contribution < 1.29 is 4.79 Å². The molecule has 1 amide bonds. The first-order chi connectivity index (χ1) is 12.2. The zero-order valence-corrected chi connectivity index (χ0v) is 14.9. The minimum absolute atomic E-state index is 0.0196. The highest BCUT2D eigenvalue weighted by molar-refractivity contribution is 5.81. The number of nitrogens with one attached hydrogen (secondary N) is 1. The van der Waals surface area contributed by atoms with Crippen molar-refractivity contribution >= 4 is 5.91 Å². The van der Waals surface area contributed by atoms with Gasteiger partial charge in [-0.05, 0) is 56.0 Å². The van der Waals surface area contributed by atoms with E-state index in [2.05, 4.69) is 20.3 Å². The van der Waals surface area contributed by atoms with Crippen LogP contribution in [0.5, 0.6) is 0 Å². The van der Waals surface area contributed by atoms with E-state index in [0.717, 1.165) is 50.9 Å². The molecule has 1 aliphatic heterocycles. The average Bonchev–Trinajstić information content (AvgIpc) is 3.05. The number of likely N-dealkylation sites (tertiary alicyclic amines) is 1. The Morgan fingerprint density at radius 3 is 2.92 bits per heavy atom. The van der Waals surface area contributed by atoms with Crippen LogP contribution in [0.1, 0.15) is 36.8 Å². The first-order valence-electron chi connectivity index (χ1n) is 9.12. The zero-order valence-electron chi connectivity index (χ0n) is 14.9. The van der Waals surface area contributed by atoms with Gasteiger partial charge in [0.25, 0.3) is 0 Å². The van der Waals surface area contributed by atoms with E-state index in [1.807, 2.05) is 48.5 Å². The molecule has 0 aliphatic carbocycles. The molecule has 1 N–H and O–H groups in total. The fourth-order valence-corrected chi connectivity index (χ4v) is 3.36. The SMILES string of the molecule is Cc1cnn(CCCNC(=O)[C@H]2CCCCN2Cc2ccncc2)c1. The third kappa shape index (κ3) is 5.13. The Labute approximate surface area is 149 Å². The van der Waals surface area contributed by atoms with Gasteiger partial charge < -0.3 is 5.32 Å². The zero-order chi connectivity index (χ0) is 17.5. The lowest BCUT2D eigenvalue weighted by atomic mass is 10.0. The minimum atomic E-state index is -0.0196. The largest absolute Gasteiger partial charge is 0.355 e. The Balaban J connectivity index is 1.47. The summed E-state index contributed by atoms with van der Waals surface area (Å²) in [6.45, 7) is 5.35. The lowest BCUT2D eigenvalue weighted by molar-refractivity contribution is -0.127. The van der Waals surface area contributed by atoms with E-state index in [0.29, 0.717) is 6.54 Å². The van der Waals surface area contributed by atoms with Crippen molar-refractivity contribution in [2.75, 3.05) is 13.1 Å². The first-order valence-corrected chi connectivity index (χ1v) is 9.12. The molecule has 0 unspecified atom stereocenters. The highest BCUT2D eigenvalue weighted by Crippen LogP contribution is 2.19. The van der Waals surface area contributed by atoms with Gasteiger partial charge in [-0.3, -0.25) is 19.4 Å². The van der Waals surface area contributed by atoms with Gasteiger partial charge in [-0.25, -0.2) is 0 Å². The molecule has 1 fully saturated rings. The predicted molar refractivity (Wildman–Crippen MR) is 96.9 cm³/mol. The second-order valence-corrected chi connectivity index (χ2v) is 6.76. The molecule has 6 heteroatoms. The summed E-state index contributed by atoms with van der Waals surface area (Å²) in [6, 6.07) is 4.03. The lowest BCUT2D eigenvalue weighted by Gasteiger charge is -2.34. The predicted octanol–water partition coefficient (Wildman–Crippen LogP) is 2.15. The van der Waals surface area contributed by atoms with Crippen molar-refractivity contribution in [2.45, 2.75) is 51.7 Å². The van der Waals surface area contributed by atoms with Gasteiger partial charge in [0.1, 0.15) is 0 Å². The molecule has 0 bridgehead atoms. The molecule has 2 aromatic heterocycles. The molecule has 0 saturated carbocycles. The number of pyridine rings is 1. The summed E-state index contributed by atoms with van der Waals surface area (Å²) in [5.74, 6) is 0.158. The van der Waals surface area contributed by atoms with Crippen LogP contribution in [0.2, 0.25) is 0 Å². The van der Waals surface area contributed by atoms with E-state index in [-0.39, 0.29) is 11.9 Å². The fraction of sp³-hybridized carbons (Fsp3) is 0.526. The minimum Gasteiger partial charge on any atom is -0.355 e. The number of hydrogen-bond acceptors (Lipinski definition) is 4. The van der Waals surface area contributed by atoms with E-state index in [9.17, 15) is 4.79 Å². The standard InChI is InChI=1S/C19H27N5O/c1-16-13-22-24(14-16)12-4-8-21-19(25)18-5-2-3-11-23(18)15-17-6-9-20-10-7-17/h6-7,9-10,13-14,18H,2-5,8,11-12,15H2,1H3,(H,21,25)/t18-/m1/s1. The van der Waals surface area contributed by atoms with E-state index in [1.54, 1.807) is 0 Å². The Bertz CT molecular complexity index is 669. The van der Waals surface area contributed by atoms with Gasteiger partial charge in [0, 0.05) is 38.2 Å². The Kier molecular flexibility index (Phi) is 6.17. The summed E-state index contributed by atoms with van der Waals surface area (Å²) in [7, 11) is 0. The third-order valence-electron chi connectivity index (χ3n) is 4.68. The average molecular weight is 341 g/mol. The maximum atomic E-state index is 12.6. The first kappa shape index (κ1) is 17.6. The third-order valence-corrected chi connectivity index (χ3v) is 4.68. The molecule has 3 heterocycles. The quantitative estimate of drug-likeness (QED) is 0.784. The van der Waals surface area contributed by atoms with Crippen molar-refractivity contribution in [1.29, 1.82) is 0 Å². The number of aromatic nitrogens is 3. The van der Waals surface area contributed by atoms with E-state index in [4.69, 9.17) is 0 Å². The van der Waals surface area contributed by atoms with Crippen LogP contribution in [-0.2, 0) is 17.9 Å². The topological polar surface area (TPSA) is 63.1 Å². The number of nitrogens with zero attached hydrogens (tertiary/aromatic N) is 4. The highest BCUT2D eigenvalue weighted by Gasteiger charge is 2.28. The van der Waals surface area contributed by atoms with Gasteiger partial charge in [-0.1, -0.05) is 6.42 Å². The van der Waals surface area contributed by atoms with Crippen molar-refractivity contribution in [1.82, 2.24) is 25.0 Å². The molecule has 1 saturated heterocycles. The van der Waals surface area contributed by atoms with Crippen LogP contribution in [0, 0.1) is 6.92 Å². The second-order valence-electron chi connectivity index (χ2n) is 6.76. The van der Waals surface area contributed by atoms with Crippen molar-refractivity contribution in [3.8, 4) is 0 Å². The summed E-state index contributed by atoms with van der Waals surface area (Å²) < 4.78 is 1.93. The molecule has 3 rings (SSSR count). The van der Waals surface area contributed by atoms with Crippen LogP contribution < -0.4 is 5.32 Å². The maximum Gasteiger partial charge on any atom is 0.237 e. The Hall–Kier alpha value is -2.21. The molecular weight excluding hydrogens is 314 g/mol. The number of piperidine rings is 1. The lowest BCUT2D eigenvalue weighted by Crippen LogP contribution is -2.49. The van der Waals surface area contributed by atoms with Gasteiger partial charge >= 0.3 is 0 Å². The number of aryl methyl sites for hydroxylation is 2. The molecule has 134 valence electrons. The van der Waals surface area contributed by atoms with Gasteiger partial charge in [-0.2, -0.15) is 5.10 Å². The van der Waals surface area contributed by atoms with Gasteiger partial charge in [0.2, 0.25) is 5.91 Å². The maximum absolute atomic E-state index is 12.6. The molecular formula is C19H27N5O. The van der Waals surface area contributed by atoms with E-state index < -0.39 is 0 Å². The molecule has 2 aromatic rings. The van der Waals surface area contributed by atoms with Crippen LogP contribution >= 0.6 is 0 Å². The molecule has 1 atom stereocenters. The molecule has 25 heavy (non-hydrogen) atoms. The summed E-state index contributed by atoms with van der Waals surface area (Å²) in [5, 5.41) is 7.38. The van der Waals surface area contributed by atoms with Crippen LogP contribution in [-0.4, -0.2) is 44.7 Å². The molecule has 6 nitrogen and oxygen atoms in total. The monoisotopic (exact) mass is 341 g/mol. The number of rotatable bonds is 7. The normalized spacial score (nSPS) is 18.2. The second kappa shape index (κ2) is 8.76. The summed E-state index contributed by atoms with van der Waals surface area (Å²) in [6.07, 6.45) is 11.6. The summed E-state index contributed by atoms with van der Waals surface area (Å²) >= 11 is 0. The molecule has 1 aliphatic rings. The van der Waals surface area contributed by atoms with E-state index in [1.165, 1.54) is 5.56 Å². The van der Waals surface area contributed by atoms with Crippen molar-refractivity contribution in [3.63, 3.8) is 0 Å². The highest BCUT2D eigenvalue weighted by atomic mass is 16.2. The number of carbonyl (C=O) groups is 1. The fourth-order valence-electron chi connectivity index (χ4n) is 3.36. The molecule has 0 radical (unpaired) electrons. The van der Waals surface area contributed by atoms with Crippen LogP contribution in [0.3, 0.4) is 0 Å². The number of amides is 1. The summed E-state index contributed by atoms with van der Waals surface area (Å²) in [5.41, 5.74) is 2.38. The number of carbonyl (C=O) groups excluding carboxylic acids is 1. The Morgan fingerprint density at radius 2 is 2.16 bits per heavy atom. The van der Waals surface area contributed by atoms with Gasteiger partial charge in [0.05, 0.1) is 12.2 Å². The summed E-state index contributed by atoms with van der Waals surface area (Å²) in [4.78, 5) is 19.0. The molecule has 0 spiro atoms. The number of hydrogen-bond donors (Lipinski definition) is 1.